The first kappa shape index (κ1) is 18.4. The second-order valence-electron chi connectivity index (χ2n) is 6.18. The smallest absolute Gasteiger partial charge is 0.408 e. The average Bonchev–Trinajstić information content (AvgIpc) is 2.83. The van der Waals surface area contributed by atoms with Crippen LogP contribution in [0.4, 0.5) is 4.79 Å². The molecule has 0 radical (unpaired) electrons. The van der Waals surface area contributed by atoms with Gasteiger partial charge in [0.2, 0.25) is 15.7 Å². The Balaban J connectivity index is 2.96. The summed E-state index contributed by atoms with van der Waals surface area (Å²) in [6.45, 7) is 10.4. The van der Waals surface area contributed by atoms with Crippen molar-refractivity contribution in [2.45, 2.75) is 58.4 Å². The lowest BCUT2D eigenvalue weighted by Crippen LogP contribution is -2.37. The Kier molecular flexibility index (Phi) is 5.55. The highest BCUT2D eigenvalue weighted by Gasteiger charge is 2.29. The maximum absolute atomic E-state index is 11.9. The molecule has 0 aliphatic carbocycles. The summed E-state index contributed by atoms with van der Waals surface area (Å²) >= 11 is 0. The van der Waals surface area contributed by atoms with Crippen LogP contribution in [-0.2, 0) is 14.6 Å². The summed E-state index contributed by atoms with van der Waals surface area (Å²) in [5.74, 6) is -0.196. The number of hydrogen-bond donors (Lipinski definition) is 1. The van der Waals surface area contributed by atoms with E-state index >= 15 is 0 Å². The summed E-state index contributed by atoms with van der Waals surface area (Å²) in [7, 11) is -3.58. The Morgan fingerprint density at radius 3 is 2.36 bits per heavy atom. The lowest BCUT2D eigenvalue weighted by Gasteiger charge is -2.23. The number of nitrogens with zero attached hydrogens (tertiary/aromatic N) is 2. The van der Waals surface area contributed by atoms with E-state index in [2.05, 4.69) is 15.5 Å². The van der Waals surface area contributed by atoms with Gasteiger partial charge in [-0.15, -0.1) is 5.10 Å². The molecular formula is C13H23N3O5S. The van der Waals surface area contributed by atoms with Crippen molar-refractivity contribution >= 4 is 15.9 Å². The molecule has 0 aliphatic rings. The van der Waals surface area contributed by atoms with Crippen LogP contribution in [0.2, 0.25) is 0 Å². The van der Waals surface area contributed by atoms with Gasteiger partial charge in [-0.1, -0.05) is 25.9 Å². The summed E-state index contributed by atoms with van der Waals surface area (Å²) in [6.07, 6.45) is -0.635. The topological polar surface area (TPSA) is 111 Å². The molecule has 1 aromatic heterocycles. The van der Waals surface area contributed by atoms with Crippen molar-refractivity contribution in [2.75, 3.05) is 5.75 Å². The summed E-state index contributed by atoms with van der Waals surface area (Å²) in [5, 5.41) is 9.46. The maximum Gasteiger partial charge on any atom is 0.408 e. The first-order valence-electron chi connectivity index (χ1n) is 7.02. The number of nitrogens with one attached hydrogen (secondary N) is 1. The van der Waals surface area contributed by atoms with Crippen LogP contribution in [0.25, 0.3) is 0 Å². The fraction of sp³-hybridized carbons (Fsp3) is 0.769. The molecule has 1 unspecified atom stereocenters. The largest absolute Gasteiger partial charge is 0.444 e. The van der Waals surface area contributed by atoms with Gasteiger partial charge in [-0.05, 0) is 26.7 Å². The molecular weight excluding hydrogens is 310 g/mol. The second kappa shape index (κ2) is 6.64. The van der Waals surface area contributed by atoms with E-state index in [0.29, 0.717) is 0 Å². The predicted octanol–water partition coefficient (Wildman–Crippen LogP) is 2.08. The third-order valence-corrected chi connectivity index (χ3v) is 4.13. The van der Waals surface area contributed by atoms with Crippen LogP contribution in [0.15, 0.2) is 9.64 Å². The van der Waals surface area contributed by atoms with Crippen LogP contribution in [0.1, 0.15) is 53.5 Å². The summed E-state index contributed by atoms with van der Waals surface area (Å²) in [6, 6.07) is -0.636. The molecule has 9 heteroatoms. The van der Waals surface area contributed by atoms with Crippen molar-refractivity contribution in [1.29, 1.82) is 0 Å². The molecule has 0 fully saturated rings. The minimum atomic E-state index is -3.58. The molecule has 1 atom stereocenters. The van der Waals surface area contributed by atoms with Crippen LogP contribution in [-0.4, -0.2) is 36.1 Å². The van der Waals surface area contributed by atoms with Crippen molar-refractivity contribution in [3.63, 3.8) is 0 Å². The van der Waals surface area contributed by atoms with Gasteiger partial charge in [-0.25, -0.2) is 13.2 Å². The van der Waals surface area contributed by atoms with Crippen LogP contribution >= 0.6 is 0 Å². The lowest BCUT2D eigenvalue weighted by molar-refractivity contribution is 0.0477. The molecule has 0 saturated heterocycles. The highest BCUT2D eigenvalue weighted by atomic mass is 32.2. The Bertz CT molecular complexity index is 616. The summed E-state index contributed by atoms with van der Waals surface area (Å²) in [5.41, 5.74) is -0.642. The highest BCUT2D eigenvalue weighted by Crippen LogP contribution is 2.23. The number of hydrogen-bond acceptors (Lipinski definition) is 7. The van der Waals surface area contributed by atoms with Gasteiger partial charge >= 0.3 is 11.3 Å². The van der Waals surface area contributed by atoms with Crippen LogP contribution in [0.5, 0.6) is 0 Å². The molecule has 1 aromatic rings. The molecule has 126 valence electrons. The molecule has 1 N–H and O–H groups in total. The number of carbonyl (C=O) groups excluding carboxylic acids is 1. The van der Waals surface area contributed by atoms with Gasteiger partial charge in [0, 0.05) is 0 Å². The maximum atomic E-state index is 11.9. The average molecular weight is 333 g/mol. The van der Waals surface area contributed by atoms with Gasteiger partial charge in [-0.3, -0.25) is 0 Å². The van der Waals surface area contributed by atoms with E-state index in [0.717, 1.165) is 0 Å². The van der Waals surface area contributed by atoms with Crippen molar-refractivity contribution in [1.82, 2.24) is 15.5 Å². The van der Waals surface area contributed by atoms with E-state index in [1.807, 2.05) is 13.8 Å². The molecule has 1 rings (SSSR count). The monoisotopic (exact) mass is 333 g/mol. The molecule has 0 spiro atoms. The summed E-state index contributed by atoms with van der Waals surface area (Å²) in [4.78, 5) is 11.9. The van der Waals surface area contributed by atoms with Crippen molar-refractivity contribution in [3.05, 3.63) is 5.89 Å². The zero-order chi connectivity index (χ0) is 17.1. The number of alkyl carbamates (subject to hydrolysis) is 1. The fourth-order valence-corrected chi connectivity index (χ4v) is 2.17. The van der Waals surface area contributed by atoms with Gasteiger partial charge < -0.3 is 14.5 Å². The van der Waals surface area contributed by atoms with Crippen molar-refractivity contribution < 1.29 is 22.4 Å². The molecule has 0 aromatic carbocycles. The van der Waals surface area contributed by atoms with Gasteiger partial charge in [0.15, 0.2) is 0 Å². The first-order valence-corrected chi connectivity index (χ1v) is 8.67. The predicted molar refractivity (Wildman–Crippen MR) is 79.0 cm³/mol. The zero-order valence-electron chi connectivity index (χ0n) is 13.7. The number of carbonyl (C=O) groups is 1. The SMILES string of the molecule is CCS(=O)(=O)c1nnc(C(NC(=O)OC(C)(C)C)C(C)C)o1. The Labute approximate surface area is 130 Å². The number of sulfone groups is 1. The minimum absolute atomic E-state index is 0.0351. The lowest BCUT2D eigenvalue weighted by atomic mass is 10.1. The van der Waals surface area contributed by atoms with Crippen molar-refractivity contribution in [2.24, 2.45) is 5.92 Å². The standard InChI is InChI=1S/C13H23N3O5S/c1-7-22(18,19)12-16-15-10(20-12)9(8(2)3)14-11(17)21-13(4,5)6/h8-9H,7H2,1-6H3,(H,14,17). The highest BCUT2D eigenvalue weighted by molar-refractivity contribution is 7.91. The number of ether oxygens (including phenoxy) is 1. The van der Waals surface area contributed by atoms with E-state index in [9.17, 15) is 13.2 Å². The Morgan fingerprint density at radius 2 is 1.91 bits per heavy atom. The third kappa shape index (κ3) is 4.97. The van der Waals surface area contributed by atoms with Gasteiger partial charge in [0.05, 0.1) is 5.75 Å². The molecule has 8 nitrogen and oxygen atoms in total. The number of rotatable bonds is 5. The Morgan fingerprint density at radius 1 is 1.32 bits per heavy atom. The van der Waals surface area contributed by atoms with E-state index in [1.165, 1.54) is 6.92 Å². The van der Waals surface area contributed by atoms with E-state index in [4.69, 9.17) is 9.15 Å². The number of aromatic nitrogens is 2. The molecule has 0 bridgehead atoms. The molecule has 0 aliphatic heterocycles. The Hall–Kier alpha value is -1.64. The molecule has 1 heterocycles. The normalized spacial score (nSPS) is 14.0. The van der Waals surface area contributed by atoms with Crippen LogP contribution in [0, 0.1) is 5.92 Å². The van der Waals surface area contributed by atoms with Crippen molar-refractivity contribution in [3.8, 4) is 0 Å². The van der Waals surface area contributed by atoms with Gasteiger partial charge in [0.1, 0.15) is 11.6 Å². The fourth-order valence-electron chi connectivity index (χ4n) is 1.54. The number of amides is 1. The summed E-state index contributed by atoms with van der Waals surface area (Å²) < 4.78 is 33.8. The third-order valence-electron chi connectivity index (χ3n) is 2.67. The van der Waals surface area contributed by atoms with E-state index in [1.54, 1.807) is 20.8 Å². The minimum Gasteiger partial charge on any atom is -0.444 e. The zero-order valence-corrected chi connectivity index (χ0v) is 14.5. The molecule has 0 saturated carbocycles. The first-order chi connectivity index (χ1) is 9.96. The molecule has 22 heavy (non-hydrogen) atoms. The quantitative estimate of drug-likeness (QED) is 0.878. The van der Waals surface area contributed by atoms with Gasteiger partial charge in [-0.2, -0.15) is 0 Å². The van der Waals surface area contributed by atoms with Crippen LogP contribution in [0.3, 0.4) is 0 Å². The molecule has 1 amide bonds. The van der Waals surface area contributed by atoms with Crippen LogP contribution < -0.4 is 5.32 Å². The second-order valence-corrected chi connectivity index (χ2v) is 8.33. The van der Waals surface area contributed by atoms with E-state index in [-0.39, 0.29) is 17.6 Å². The van der Waals surface area contributed by atoms with Gasteiger partial charge in [0.25, 0.3) is 0 Å². The van der Waals surface area contributed by atoms with E-state index < -0.39 is 32.8 Å².